The number of likely N-dealkylation sites (N-methyl/N-ethyl adjacent to an activating group) is 1. The molecule has 1 aromatic heterocycles. The fourth-order valence-corrected chi connectivity index (χ4v) is 3.70. The molecule has 2 fully saturated rings. The zero-order chi connectivity index (χ0) is 17.9. The Morgan fingerprint density at radius 1 is 1.36 bits per heavy atom. The highest BCUT2D eigenvalue weighted by molar-refractivity contribution is 5.76. The Hall–Kier alpha value is -1.37. The normalized spacial score (nSPS) is 23.7. The Morgan fingerprint density at radius 3 is 2.76 bits per heavy atom. The predicted molar refractivity (Wildman–Crippen MR) is 94.3 cm³/mol. The molecule has 1 aromatic rings. The third-order valence-electron chi connectivity index (χ3n) is 5.33. The van der Waals surface area contributed by atoms with Crippen molar-refractivity contribution in [1.82, 2.24) is 9.80 Å². The first-order valence-electron chi connectivity index (χ1n) is 9.19. The third-order valence-corrected chi connectivity index (χ3v) is 5.33. The quantitative estimate of drug-likeness (QED) is 0.815. The van der Waals surface area contributed by atoms with Crippen LogP contribution in [0.4, 0.5) is 0 Å². The second-order valence-electron chi connectivity index (χ2n) is 7.53. The minimum atomic E-state index is -0.0837. The van der Waals surface area contributed by atoms with Gasteiger partial charge >= 0.3 is 0 Å². The number of carbonyl (C=O) groups excluding carboxylic acids is 1. The van der Waals surface area contributed by atoms with E-state index in [1.807, 2.05) is 13.0 Å². The summed E-state index contributed by atoms with van der Waals surface area (Å²) in [6.07, 6.45) is 3.90. The van der Waals surface area contributed by atoms with Gasteiger partial charge in [0.05, 0.1) is 18.2 Å². The highest BCUT2D eigenvalue weighted by Gasteiger charge is 2.40. The van der Waals surface area contributed by atoms with E-state index in [1.54, 1.807) is 19.0 Å². The number of nitrogens with zero attached hydrogens (tertiary/aromatic N) is 2. The second-order valence-corrected chi connectivity index (χ2v) is 7.53. The second kappa shape index (κ2) is 7.89. The number of furan rings is 1. The summed E-state index contributed by atoms with van der Waals surface area (Å²) in [6, 6.07) is 4.07. The molecule has 1 amide bonds. The maximum atomic E-state index is 11.7. The van der Waals surface area contributed by atoms with Crippen LogP contribution in [0.25, 0.3) is 0 Å². The van der Waals surface area contributed by atoms with Gasteiger partial charge in [0.1, 0.15) is 18.1 Å². The van der Waals surface area contributed by atoms with Gasteiger partial charge in [0.15, 0.2) is 0 Å². The maximum absolute atomic E-state index is 11.7. The molecule has 25 heavy (non-hydrogen) atoms. The van der Waals surface area contributed by atoms with Crippen LogP contribution < -0.4 is 0 Å². The van der Waals surface area contributed by atoms with Crippen LogP contribution in [0.5, 0.6) is 0 Å². The maximum Gasteiger partial charge on any atom is 0.248 e. The van der Waals surface area contributed by atoms with Crippen molar-refractivity contribution in [2.75, 3.05) is 40.4 Å². The standard InChI is InChI=1S/C19H30N2O4/c1-15-4-5-17(25-15)13-21-9-7-19(8-10-21)12-16(6-11-24-19)23-14-18(22)20(2)3/h4-5,16H,6-14H2,1-3H3. The Bertz CT molecular complexity index is 576. The number of piperidine rings is 1. The molecular formula is C19H30N2O4. The predicted octanol–water partition coefficient (Wildman–Crippen LogP) is 2.21. The van der Waals surface area contributed by atoms with Crippen molar-refractivity contribution < 1.29 is 18.7 Å². The van der Waals surface area contributed by atoms with Gasteiger partial charge in [-0.25, -0.2) is 0 Å². The first-order chi connectivity index (χ1) is 12.0. The molecular weight excluding hydrogens is 320 g/mol. The Morgan fingerprint density at radius 2 is 2.12 bits per heavy atom. The summed E-state index contributed by atoms with van der Waals surface area (Å²) in [4.78, 5) is 15.7. The van der Waals surface area contributed by atoms with Gasteiger partial charge in [-0.05, 0) is 38.3 Å². The van der Waals surface area contributed by atoms with Crippen LogP contribution in [-0.2, 0) is 20.8 Å². The monoisotopic (exact) mass is 350 g/mol. The zero-order valence-corrected chi connectivity index (χ0v) is 15.6. The van der Waals surface area contributed by atoms with Crippen LogP contribution in [0.15, 0.2) is 16.5 Å². The molecule has 3 rings (SSSR count). The average Bonchev–Trinajstić information content (AvgIpc) is 3.00. The molecule has 140 valence electrons. The van der Waals surface area contributed by atoms with Crippen molar-refractivity contribution in [2.24, 2.45) is 0 Å². The molecule has 2 aliphatic rings. The smallest absolute Gasteiger partial charge is 0.248 e. The minimum absolute atomic E-state index is 0.0177. The number of carbonyl (C=O) groups is 1. The Labute approximate surface area is 150 Å². The van der Waals surface area contributed by atoms with E-state index in [2.05, 4.69) is 11.0 Å². The summed E-state index contributed by atoms with van der Waals surface area (Å²) in [7, 11) is 3.51. The highest BCUT2D eigenvalue weighted by atomic mass is 16.5. The van der Waals surface area contributed by atoms with E-state index in [1.165, 1.54) is 0 Å². The molecule has 0 N–H and O–H groups in total. The molecule has 1 spiro atoms. The number of ether oxygens (including phenoxy) is 2. The van der Waals surface area contributed by atoms with Crippen molar-refractivity contribution in [3.63, 3.8) is 0 Å². The lowest BCUT2D eigenvalue weighted by Gasteiger charge is -2.46. The van der Waals surface area contributed by atoms with Crippen LogP contribution in [0.2, 0.25) is 0 Å². The van der Waals surface area contributed by atoms with E-state index in [4.69, 9.17) is 13.9 Å². The topological polar surface area (TPSA) is 55.2 Å². The fourth-order valence-electron chi connectivity index (χ4n) is 3.70. The summed E-state index contributed by atoms with van der Waals surface area (Å²) < 4.78 is 17.7. The van der Waals surface area contributed by atoms with Gasteiger partial charge in [0.25, 0.3) is 0 Å². The number of aryl methyl sites for hydroxylation is 1. The van der Waals surface area contributed by atoms with Gasteiger partial charge in [0, 0.05) is 40.2 Å². The van der Waals surface area contributed by atoms with E-state index >= 15 is 0 Å². The Kier molecular flexibility index (Phi) is 5.81. The summed E-state index contributed by atoms with van der Waals surface area (Å²) in [5.41, 5.74) is -0.0837. The van der Waals surface area contributed by atoms with Crippen molar-refractivity contribution >= 4 is 5.91 Å². The van der Waals surface area contributed by atoms with Crippen LogP contribution in [0.3, 0.4) is 0 Å². The molecule has 6 heteroatoms. The van der Waals surface area contributed by atoms with Gasteiger partial charge in [-0.3, -0.25) is 9.69 Å². The first kappa shape index (κ1) is 18.4. The molecule has 0 aliphatic carbocycles. The number of likely N-dealkylation sites (tertiary alicyclic amines) is 1. The van der Waals surface area contributed by atoms with E-state index in [0.29, 0.717) is 0 Å². The lowest BCUT2D eigenvalue weighted by molar-refractivity contribution is -0.163. The molecule has 0 bridgehead atoms. The van der Waals surface area contributed by atoms with Gasteiger partial charge in [-0.1, -0.05) is 0 Å². The van der Waals surface area contributed by atoms with Crippen molar-refractivity contribution in [3.05, 3.63) is 23.7 Å². The summed E-state index contributed by atoms with van der Waals surface area (Å²) >= 11 is 0. The van der Waals surface area contributed by atoms with Gasteiger partial charge in [0.2, 0.25) is 5.91 Å². The lowest BCUT2D eigenvalue weighted by Crippen LogP contribution is -2.50. The number of rotatable bonds is 5. The largest absolute Gasteiger partial charge is 0.465 e. The molecule has 0 aromatic carbocycles. The fraction of sp³-hybridized carbons (Fsp3) is 0.737. The van der Waals surface area contributed by atoms with E-state index in [9.17, 15) is 4.79 Å². The van der Waals surface area contributed by atoms with Crippen LogP contribution in [-0.4, -0.2) is 67.8 Å². The molecule has 1 atom stereocenters. The Balaban J connectivity index is 1.47. The minimum Gasteiger partial charge on any atom is -0.465 e. The molecule has 3 heterocycles. The number of hydrogen-bond acceptors (Lipinski definition) is 5. The molecule has 6 nitrogen and oxygen atoms in total. The lowest BCUT2D eigenvalue weighted by atomic mass is 9.83. The van der Waals surface area contributed by atoms with Crippen LogP contribution in [0, 0.1) is 6.92 Å². The summed E-state index contributed by atoms with van der Waals surface area (Å²) in [5.74, 6) is 2.01. The molecule has 2 saturated heterocycles. The average molecular weight is 350 g/mol. The van der Waals surface area contributed by atoms with E-state index < -0.39 is 0 Å². The third kappa shape index (κ3) is 4.84. The van der Waals surface area contributed by atoms with Gasteiger partial charge in [-0.2, -0.15) is 0 Å². The molecule has 2 aliphatic heterocycles. The van der Waals surface area contributed by atoms with Crippen molar-refractivity contribution in [3.8, 4) is 0 Å². The molecule has 1 unspecified atom stereocenters. The van der Waals surface area contributed by atoms with Crippen molar-refractivity contribution in [2.45, 2.75) is 50.9 Å². The molecule has 0 radical (unpaired) electrons. The molecule has 0 saturated carbocycles. The highest BCUT2D eigenvalue weighted by Crippen LogP contribution is 2.36. The number of amides is 1. The van der Waals surface area contributed by atoms with Crippen LogP contribution >= 0.6 is 0 Å². The SMILES string of the molecule is Cc1ccc(CN2CCC3(CC2)CC(OCC(=O)N(C)C)CCO3)o1. The van der Waals surface area contributed by atoms with E-state index in [0.717, 1.165) is 63.4 Å². The summed E-state index contributed by atoms with van der Waals surface area (Å²) in [6.45, 7) is 5.73. The van der Waals surface area contributed by atoms with Gasteiger partial charge < -0.3 is 18.8 Å². The van der Waals surface area contributed by atoms with E-state index in [-0.39, 0.29) is 24.2 Å². The zero-order valence-electron chi connectivity index (χ0n) is 15.6. The van der Waals surface area contributed by atoms with Crippen molar-refractivity contribution in [1.29, 1.82) is 0 Å². The van der Waals surface area contributed by atoms with Crippen LogP contribution in [0.1, 0.15) is 37.2 Å². The summed E-state index contributed by atoms with van der Waals surface area (Å²) in [5, 5.41) is 0. The van der Waals surface area contributed by atoms with Gasteiger partial charge in [-0.15, -0.1) is 0 Å². The first-order valence-corrected chi connectivity index (χ1v) is 9.19. The number of hydrogen-bond donors (Lipinski definition) is 0.